The standard InChI is InChI=1S/C21H21Cl3N2O2S/c1-29-9-8-19(26-20(27)16-6-4-14(23)11-17(16)24)21(28)25-18-7-2-12-10-13(22)3-5-15(12)18/h3-6,10-11,18-19H,2,7-9H2,1H3,(H,25,28)(H,26,27). The average molecular weight is 472 g/mol. The molecular weight excluding hydrogens is 451 g/mol. The first kappa shape index (κ1) is 22.3. The molecule has 0 aromatic heterocycles. The minimum atomic E-state index is -0.655. The lowest BCUT2D eigenvalue weighted by atomic mass is 10.1. The van der Waals surface area contributed by atoms with Crippen LogP contribution < -0.4 is 10.6 Å². The molecule has 0 bridgehead atoms. The topological polar surface area (TPSA) is 58.2 Å². The van der Waals surface area contributed by atoms with Crippen LogP contribution in [0.5, 0.6) is 0 Å². The molecule has 0 radical (unpaired) electrons. The van der Waals surface area contributed by atoms with Gasteiger partial charge < -0.3 is 10.6 Å². The lowest BCUT2D eigenvalue weighted by Gasteiger charge is -2.22. The summed E-state index contributed by atoms with van der Waals surface area (Å²) in [6, 6.07) is 9.66. The number of hydrogen-bond acceptors (Lipinski definition) is 3. The molecule has 2 aromatic carbocycles. The van der Waals surface area contributed by atoms with E-state index in [1.54, 1.807) is 23.9 Å². The number of benzene rings is 2. The van der Waals surface area contributed by atoms with E-state index in [1.807, 2.05) is 24.5 Å². The first-order valence-corrected chi connectivity index (χ1v) is 11.8. The number of halogens is 3. The average Bonchev–Trinajstić information content (AvgIpc) is 3.06. The maximum atomic E-state index is 13.0. The Hall–Kier alpha value is -1.40. The van der Waals surface area contributed by atoms with Gasteiger partial charge in [-0.25, -0.2) is 0 Å². The molecule has 0 heterocycles. The van der Waals surface area contributed by atoms with E-state index in [1.165, 1.54) is 6.07 Å². The number of hydrogen-bond donors (Lipinski definition) is 2. The van der Waals surface area contributed by atoms with Crippen molar-refractivity contribution in [3.05, 3.63) is 68.2 Å². The predicted octanol–water partition coefficient (Wildman–Crippen LogP) is 5.30. The minimum absolute atomic E-state index is 0.0810. The molecule has 0 saturated carbocycles. The number of fused-ring (bicyclic) bond motifs is 1. The number of nitrogens with one attached hydrogen (secondary N) is 2. The number of aryl methyl sites for hydroxylation is 1. The van der Waals surface area contributed by atoms with E-state index < -0.39 is 11.9 Å². The first-order chi connectivity index (χ1) is 13.9. The first-order valence-electron chi connectivity index (χ1n) is 9.22. The van der Waals surface area contributed by atoms with E-state index in [0.29, 0.717) is 22.0 Å². The van der Waals surface area contributed by atoms with Gasteiger partial charge in [0, 0.05) is 10.0 Å². The molecule has 2 atom stereocenters. The quantitative estimate of drug-likeness (QED) is 0.576. The zero-order valence-electron chi connectivity index (χ0n) is 15.8. The summed E-state index contributed by atoms with van der Waals surface area (Å²) in [6.45, 7) is 0. The second kappa shape index (κ2) is 10.1. The SMILES string of the molecule is CSCCC(NC(=O)c1ccc(Cl)cc1Cl)C(=O)NC1CCc2cc(Cl)ccc21. The van der Waals surface area contributed by atoms with Gasteiger partial charge in [0.1, 0.15) is 6.04 Å². The highest BCUT2D eigenvalue weighted by Gasteiger charge is 2.28. The molecule has 2 N–H and O–H groups in total. The summed E-state index contributed by atoms with van der Waals surface area (Å²) in [6.07, 6.45) is 4.16. The third-order valence-corrected chi connectivity index (χ3v) is 6.33. The Morgan fingerprint density at radius 3 is 2.59 bits per heavy atom. The van der Waals surface area contributed by atoms with Crippen LogP contribution in [0.2, 0.25) is 15.1 Å². The van der Waals surface area contributed by atoms with Crippen LogP contribution in [0.3, 0.4) is 0 Å². The van der Waals surface area contributed by atoms with Crippen molar-refractivity contribution in [1.82, 2.24) is 10.6 Å². The molecule has 154 valence electrons. The van der Waals surface area contributed by atoms with Crippen LogP contribution in [-0.4, -0.2) is 29.9 Å². The van der Waals surface area contributed by atoms with Gasteiger partial charge in [-0.2, -0.15) is 11.8 Å². The van der Waals surface area contributed by atoms with Gasteiger partial charge in [-0.15, -0.1) is 0 Å². The Labute approximate surface area is 189 Å². The van der Waals surface area contributed by atoms with Crippen molar-refractivity contribution < 1.29 is 9.59 Å². The third-order valence-electron chi connectivity index (χ3n) is 4.91. The molecule has 2 amide bonds. The van der Waals surface area contributed by atoms with Gasteiger partial charge in [0.15, 0.2) is 0 Å². The summed E-state index contributed by atoms with van der Waals surface area (Å²) < 4.78 is 0. The maximum Gasteiger partial charge on any atom is 0.253 e. The van der Waals surface area contributed by atoms with Crippen molar-refractivity contribution in [3.63, 3.8) is 0 Å². The monoisotopic (exact) mass is 470 g/mol. The number of thioether (sulfide) groups is 1. The van der Waals surface area contributed by atoms with Gasteiger partial charge in [-0.05, 0) is 72.7 Å². The molecule has 0 fully saturated rings. The van der Waals surface area contributed by atoms with Crippen molar-refractivity contribution >= 4 is 58.4 Å². The Bertz CT molecular complexity index is 923. The fraction of sp³-hybridized carbons (Fsp3) is 0.333. The molecule has 1 aliphatic rings. The fourth-order valence-electron chi connectivity index (χ4n) is 3.42. The highest BCUT2D eigenvalue weighted by molar-refractivity contribution is 7.98. The molecule has 29 heavy (non-hydrogen) atoms. The van der Waals surface area contributed by atoms with Gasteiger partial charge >= 0.3 is 0 Å². The Kier molecular flexibility index (Phi) is 7.74. The molecule has 2 aromatic rings. The Balaban J connectivity index is 1.71. The highest BCUT2D eigenvalue weighted by Crippen LogP contribution is 2.33. The highest BCUT2D eigenvalue weighted by atomic mass is 35.5. The van der Waals surface area contributed by atoms with Crippen molar-refractivity contribution in [2.24, 2.45) is 0 Å². The number of rotatable bonds is 7. The van der Waals surface area contributed by atoms with E-state index in [2.05, 4.69) is 10.6 Å². The maximum absolute atomic E-state index is 13.0. The van der Waals surface area contributed by atoms with Crippen molar-refractivity contribution in [2.75, 3.05) is 12.0 Å². The van der Waals surface area contributed by atoms with Crippen molar-refractivity contribution in [3.8, 4) is 0 Å². The number of amides is 2. The summed E-state index contributed by atoms with van der Waals surface area (Å²) in [4.78, 5) is 25.7. The van der Waals surface area contributed by atoms with Gasteiger partial charge in [0.25, 0.3) is 5.91 Å². The van der Waals surface area contributed by atoms with Crippen LogP contribution in [0.15, 0.2) is 36.4 Å². The lowest BCUT2D eigenvalue weighted by Crippen LogP contribution is -2.47. The molecule has 0 aliphatic heterocycles. The summed E-state index contributed by atoms with van der Waals surface area (Å²) >= 11 is 19.7. The minimum Gasteiger partial charge on any atom is -0.347 e. The van der Waals surface area contributed by atoms with Crippen LogP contribution >= 0.6 is 46.6 Å². The second-order valence-electron chi connectivity index (χ2n) is 6.87. The van der Waals surface area contributed by atoms with Crippen LogP contribution in [0, 0.1) is 0 Å². The second-order valence-corrected chi connectivity index (χ2v) is 9.14. The summed E-state index contributed by atoms with van der Waals surface area (Å²) in [7, 11) is 0. The van der Waals surface area contributed by atoms with E-state index in [-0.39, 0.29) is 17.0 Å². The zero-order chi connectivity index (χ0) is 21.0. The molecule has 8 heteroatoms. The van der Waals surface area contributed by atoms with E-state index in [0.717, 1.165) is 29.7 Å². The molecular formula is C21H21Cl3N2O2S. The molecule has 1 aliphatic carbocycles. The van der Waals surface area contributed by atoms with E-state index in [4.69, 9.17) is 34.8 Å². The van der Waals surface area contributed by atoms with Crippen molar-refractivity contribution in [1.29, 1.82) is 0 Å². The van der Waals surface area contributed by atoms with Crippen LogP contribution in [0.25, 0.3) is 0 Å². The van der Waals surface area contributed by atoms with Gasteiger partial charge in [0.05, 0.1) is 16.6 Å². The molecule has 3 rings (SSSR count). The van der Waals surface area contributed by atoms with Gasteiger partial charge in [0.2, 0.25) is 5.91 Å². The van der Waals surface area contributed by atoms with Crippen LogP contribution in [0.1, 0.15) is 40.4 Å². The molecule has 4 nitrogen and oxygen atoms in total. The zero-order valence-corrected chi connectivity index (χ0v) is 18.9. The Morgan fingerprint density at radius 2 is 1.86 bits per heavy atom. The molecule has 0 saturated heterocycles. The predicted molar refractivity (Wildman–Crippen MR) is 121 cm³/mol. The molecule has 0 spiro atoms. The molecule has 2 unspecified atom stereocenters. The number of carbonyl (C=O) groups excluding carboxylic acids is 2. The van der Waals surface area contributed by atoms with Crippen LogP contribution in [-0.2, 0) is 11.2 Å². The summed E-state index contributed by atoms with van der Waals surface area (Å²) in [5.74, 6) is 0.139. The summed E-state index contributed by atoms with van der Waals surface area (Å²) in [5.41, 5.74) is 2.53. The Morgan fingerprint density at radius 1 is 1.14 bits per heavy atom. The van der Waals surface area contributed by atoms with Crippen molar-refractivity contribution in [2.45, 2.75) is 31.3 Å². The van der Waals surface area contributed by atoms with Gasteiger partial charge in [-0.3, -0.25) is 9.59 Å². The van der Waals surface area contributed by atoms with E-state index >= 15 is 0 Å². The normalized spacial score (nSPS) is 16.2. The third kappa shape index (κ3) is 5.60. The summed E-state index contributed by atoms with van der Waals surface area (Å²) in [5, 5.41) is 7.30. The lowest BCUT2D eigenvalue weighted by molar-refractivity contribution is -0.123. The van der Waals surface area contributed by atoms with E-state index in [9.17, 15) is 9.59 Å². The number of carbonyl (C=O) groups is 2. The van der Waals surface area contributed by atoms with Crippen LogP contribution in [0.4, 0.5) is 0 Å². The van der Waals surface area contributed by atoms with Gasteiger partial charge in [-0.1, -0.05) is 40.9 Å². The smallest absolute Gasteiger partial charge is 0.253 e. The largest absolute Gasteiger partial charge is 0.347 e. The fourth-order valence-corrected chi connectivity index (χ4v) is 4.58.